The summed E-state index contributed by atoms with van der Waals surface area (Å²) in [6.07, 6.45) is 0.699. The van der Waals surface area contributed by atoms with Crippen molar-refractivity contribution in [2.45, 2.75) is 20.3 Å². The van der Waals surface area contributed by atoms with Gasteiger partial charge in [0.1, 0.15) is 0 Å². The van der Waals surface area contributed by atoms with Gasteiger partial charge in [0.25, 0.3) is 0 Å². The lowest BCUT2D eigenvalue weighted by molar-refractivity contribution is 0.492. The van der Waals surface area contributed by atoms with Crippen LogP contribution < -0.4 is 0 Å². The monoisotopic (exact) mass is 320 g/mol. The van der Waals surface area contributed by atoms with E-state index in [0.717, 1.165) is 20.7 Å². The van der Waals surface area contributed by atoms with Gasteiger partial charge in [0.15, 0.2) is 0 Å². The topological polar surface area (TPSA) is 36.7 Å². The molecule has 2 nitrogen and oxygen atoms in total. The number of nitriles is 1. The first-order valence-electron chi connectivity index (χ1n) is 5.62. The van der Waals surface area contributed by atoms with Gasteiger partial charge >= 0.3 is 0 Å². The van der Waals surface area contributed by atoms with Crippen LogP contribution in [0.5, 0.6) is 0 Å². The summed E-state index contributed by atoms with van der Waals surface area (Å²) in [7, 11) is 0. The van der Waals surface area contributed by atoms with Gasteiger partial charge in [-0.2, -0.15) is 5.26 Å². The maximum Gasteiger partial charge on any atom is 0.0948 e. The number of aromatic nitrogens is 1. The van der Waals surface area contributed by atoms with Crippen molar-refractivity contribution in [1.82, 2.24) is 4.98 Å². The third kappa shape index (κ3) is 3.18. The Labute approximate surface area is 119 Å². The highest BCUT2D eigenvalue weighted by Crippen LogP contribution is 2.27. The summed E-state index contributed by atoms with van der Waals surface area (Å²) in [6, 6.07) is 10.4. The maximum absolute atomic E-state index is 9.03. The number of nitrogens with zero attached hydrogens (tertiary/aromatic N) is 2. The second-order valence-corrected chi connectivity index (χ2v) is 6.66. The molecule has 2 rings (SSSR count). The van der Waals surface area contributed by atoms with E-state index in [9.17, 15) is 0 Å². The van der Waals surface area contributed by atoms with Crippen LogP contribution in [0.15, 0.2) is 34.1 Å². The zero-order valence-corrected chi connectivity index (χ0v) is 12.7. The normalized spacial score (nSPS) is 11.2. The van der Waals surface area contributed by atoms with Crippen LogP contribution >= 0.6 is 27.3 Å². The van der Waals surface area contributed by atoms with E-state index in [2.05, 4.69) is 27.0 Å². The van der Waals surface area contributed by atoms with Crippen LogP contribution in [-0.4, -0.2) is 4.98 Å². The fraction of sp³-hybridized carbons (Fsp3) is 0.286. The second-order valence-electron chi connectivity index (χ2n) is 4.81. The van der Waals surface area contributed by atoms with Crippen molar-refractivity contribution in [3.8, 4) is 17.3 Å². The highest BCUT2D eigenvalue weighted by atomic mass is 79.9. The minimum absolute atomic E-state index is 0.352. The zero-order chi connectivity index (χ0) is 13.2. The molecule has 1 aromatic carbocycles. The van der Waals surface area contributed by atoms with E-state index in [-0.39, 0.29) is 5.41 Å². The molecule has 0 atom stereocenters. The van der Waals surface area contributed by atoms with Crippen molar-refractivity contribution in [2.24, 2.45) is 5.41 Å². The smallest absolute Gasteiger partial charge is 0.0948 e. The van der Waals surface area contributed by atoms with Gasteiger partial charge in [0.05, 0.1) is 22.2 Å². The molecule has 0 saturated heterocycles. The van der Waals surface area contributed by atoms with E-state index in [1.54, 1.807) is 11.3 Å². The summed E-state index contributed by atoms with van der Waals surface area (Å²) in [5, 5.41) is 12.1. The van der Waals surface area contributed by atoms with Crippen molar-refractivity contribution < 1.29 is 0 Å². The molecule has 0 aliphatic rings. The first kappa shape index (κ1) is 13.3. The first-order valence-corrected chi connectivity index (χ1v) is 7.29. The van der Waals surface area contributed by atoms with Gasteiger partial charge in [-0.15, -0.1) is 11.3 Å². The molecule has 0 fully saturated rings. The Bertz CT molecular complexity index is 579. The Morgan fingerprint density at radius 1 is 1.33 bits per heavy atom. The minimum Gasteiger partial charge on any atom is -0.241 e. The van der Waals surface area contributed by atoms with Crippen LogP contribution in [0.3, 0.4) is 0 Å². The summed E-state index contributed by atoms with van der Waals surface area (Å²) in [5.74, 6) is 0. The Morgan fingerprint density at radius 2 is 2.00 bits per heavy atom. The molecule has 1 heterocycles. The predicted molar refractivity (Wildman–Crippen MR) is 78.3 cm³/mol. The molecule has 0 aliphatic carbocycles. The third-order valence-electron chi connectivity index (χ3n) is 2.59. The molecule has 0 N–H and O–H groups in total. The summed E-state index contributed by atoms with van der Waals surface area (Å²) in [6.45, 7) is 3.88. The fourth-order valence-electron chi connectivity index (χ4n) is 1.56. The van der Waals surface area contributed by atoms with Gasteiger partial charge in [0, 0.05) is 21.8 Å². The van der Waals surface area contributed by atoms with E-state index in [4.69, 9.17) is 5.26 Å². The number of rotatable bonds is 3. The Hall–Kier alpha value is -1.18. The largest absolute Gasteiger partial charge is 0.241 e. The van der Waals surface area contributed by atoms with Crippen LogP contribution in [-0.2, 0) is 6.42 Å². The van der Waals surface area contributed by atoms with E-state index < -0.39 is 0 Å². The molecule has 0 aliphatic heterocycles. The summed E-state index contributed by atoms with van der Waals surface area (Å²) < 4.78 is 1.06. The molecule has 1 aromatic heterocycles. The van der Waals surface area contributed by atoms with Crippen LogP contribution in [0.25, 0.3) is 11.3 Å². The molecular formula is C14H13BrN2S. The third-order valence-corrected chi connectivity index (χ3v) is 3.97. The Morgan fingerprint density at radius 3 is 2.61 bits per heavy atom. The van der Waals surface area contributed by atoms with Crippen molar-refractivity contribution in [2.75, 3.05) is 0 Å². The standard InChI is InChI=1S/C14H13BrN2S/c1-14(2,9-16)7-13-17-12(8-18-13)10-3-5-11(15)6-4-10/h3-6,8H,7H2,1-2H3. The van der Waals surface area contributed by atoms with Crippen molar-refractivity contribution in [3.63, 3.8) is 0 Å². The molecule has 0 saturated carbocycles. The Kier molecular flexibility index (Phi) is 3.84. The second kappa shape index (κ2) is 5.21. The predicted octanol–water partition coefficient (Wildman–Crippen LogP) is 4.66. The molecule has 4 heteroatoms. The first-order chi connectivity index (χ1) is 8.50. The van der Waals surface area contributed by atoms with Gasteiger partial charge < -0.3 is 0 Å². The quantitative estimate of drug-likeness (QED) is 0.824. The maximum atomic E-state index is 9.03. The van der Waals surface area contributed by atoms with E-state index in [1.807, 2.05) is 43.5 Å². The average molecular weight is 321 g/mol. The lowest BCUT2D eigenvalue weighted by atomic mass is 9.92. The van der Waals surface area contributed by atoms with E-state index in [1.165, 1.54) is 0 Å². The lowest BCUT2D eigenvalue weighted by Gasteiger charge is -2.11. The van der Waals surface area contributed by atoms with Crippen LogP contribution in [0.2, 0.25) is 0 Å². The van der Waals surface area contributed by atoms with Gasteiger partial charge in [-0.25, -0.2) is 4.98 Å². The molecular weight excluding hydrogens is 308 g/mol. The molecule has 92 valence electrons. The molecule has 0 amide bonds. The molecule has 0 spiro atoms. The number of benzene rings is 1. The van der Waals surface area contributed by atoms with Crippen molar-refractivity contribution in [3.05, 3.63) is 39.1 Å². The summed E-state index contributed by atoms with van der Waals surface area (Å²) >= 11 is 5.04. The van der Waals surface area contributed by atoms with Crippen LogP contribution in [0, 0.1) is 16.7 Å². The van der Waals surface area contributed by atoms with Gasteiger partial charge in [0.2, 0.25) is 0 Å². The molecule has 0 unspecified atom stereocenters. The van der Waals surface area contributed by atoms with Gasteiger partial charge in [-0.3, -0.25) is 0 Å². The van der Waals surface area contributed by atoms with E-state index >= 15 is 0 Å². The minimum atomic E-state index is -0.352. The van der Waals surface area contributed by atoms with E-state index in [0.29, 0.717) is 6.42 Å². The zero-order valence-electron chi connectivity index (χ0n) is 10.3. The summed E-state index contributed by atoms with van der Waals surface area (Å²) in [4.78, 5) is 4.60. The van der Waals surface area contributed by atoms with Crippen molar-refractivity contribution in [1.29, 1.82) is 5.26 Å². The van der Waals surface area contributed by atoms with Crippen LogP contribution in [0.4, 0.5) is 0 Å². The van der Waals surface area contributed by atoms with Crippen molar-refractivity contribution >= 4 is 27.3 Å². The van der Waals surface area contributed by atoms with Crippen LogP contribution in [0.1, 0.15) is 18.9 Å². The highest BCUT2D eigenvalue weighted by Gasteiger charge is 2.19. The SMILES string of the molecule is CC(C)(C#N)Cc1nc(-c2ccc(Br)cc2)cs1. The van der Waals surface area contributed by atoms with Gasteiger partial charge in [-0.1, -0.05) is 28.1 Å². The number of halogens is 1. The fourth-order valence-corrected chi connectivity index (χ4v) is 2.86. The number of hydrogen-bond acceptors (Lipinski definition) is 3. The average Bonchev–Trinajstić information content (AvgIpc) is 2.78. The highest BCUT2D eigenvalue weighted by molar-refractivity contribution is 9.10. The number of hydrogen-bond donors (Lipinski definition) is 0. The Balaban J connectivity index is 2.21. The lowest BCUT2D eigenvalue weighted by Crippen LogP contribution is -2.11. The summed E-state index contributed by atoms with van der Waals surface area (Å²) in [5.41, 5.74) is 1.74. The molecule has 0 radical (unpaired) electrons. The molecule has 2 aromatic rings. The molecule has 0 bridgehead atoms. The molecule has 18 heavy (non-hydrogen) atoms. The number of thiazole rings is 1. The van der Waals surface area contributed by atoms with Gasteiger partial charge in [-0.05, 0) is 26.0 Å².